The van der Waals surface area contributed by atoms with Crippen LogP contribution in [0.3, 0.4) is 0 Å². The number of likely N-dealkylation sites (N-methyl/N-ethyl adjacent to an activating group) is 1. The Morgan fingerprint density at radius 3 is 2.73 bits per heavy atom. The average Bonchev–Trinajstić information content (AvgIpc) is 3.12. The smallest absolute Gasteiger partial charge is 0.365 e. The van der Waals surface area contributed by atoms with Gasteiger partial charge in [0.1, 0.15) is 0 Å². The van der Waals surface area contributed by atoms with Gasteiger partial charge in [0.15, 0.2) is 0 Å². The molecule has 1 atom stereocenters. The van der Waals surface area contributed by atoms with Crippen molar-refractivity contribution in [3.8, 4) is 6.07 Å². The molecule has 1 aromatic heterocycles. The highest BCUT2D eigenvalue weighted by Gasteiger charge is 2.34. The molecule has 6 heteroatoms. The number of anilines is 1. The van der Waals surface area contributed by atoms with Crippen LogP contribution >= 0.6 is 0 Å². The Morgan fingerprint density at radius 2 is 2.12 bits per heavy atom. The molecular weight excluding hydrogens is 339 g/mol. The fraction of sp³-hybridized carbons (Fsp3) is 0.300. The first-order valence-corrected chi connectivity index (χ1v) is 8.43. The van der Waals surface area contributed by atoms with Gasteiger partial charge >= 0.3 is 6.18 Å². The normalized spacial score (nSPS) is 16.9. The molecule has 3 nitrogen and oxygen atoms in total. The highest BCUT2D eigenvalue weighted by atomic mass is 19.4. The fourth-order valence-electron chi connectivity index (χ4n) is 3.39. The van der Waals surface area contributed by atoms with E-state index in [1.807, 2.05) is 24.0 Å². The molecule has 2 aromatic rings. The Morgan fingerprint density at radius 1 is 1.31 bits per heavy atom. The molecule has 1 aromatic carbocycles. The van der Waals surface area contributed by atoms with Gasteiger partial charge in [0, 0.05) is 30.7 Å². The van der Waals surface area contributed by atoms with Crippen molar-refractivity contribution < 1.29 is 13.2 Å². The monoisotopic (exact) mass is 357 g/mol. The molecule has 0 bridgehead atoms. The summed E-state index contributed by atoms with van der Waals surface area (Å²) in [6.45, 7) is 2.49. The maximum absolute atomic E-state index is 13.3. The number of rotatable bonds is 4. The maximum Gasteiger partial charge on any atom is 0.417 e. The molecule has 0 spiro atoms. The van der Waals surface area contributed by atoms with Gasteiger partial charge < -0.3 is 4.90 Å². The molecule has 0 fully saturated rings. The fourth-order valence-corrected chi connectivity index (χ4v) is 3.39. The molecular formula is C20H18F3N3. The molecule has 26 heavy (non-hydrogen) atoms. The molecule has 1 aliphatic carbocycles. The predicted molar refractivity (Wildman–Crippen MR) is 94.4 cm³/mol. The van der Waals surface area contributed by atoms with Gasteiger partial charge in [-0.2, -0.15) is 18.4 Å². The van der Waals surface area contributed by atoms with Gasteiger partial charge in [-0.05, 0) is 55.2 Å². The zero-order valence-corrected chi connectivity index (χ0v) is 14.3. The molecule has 1 unspecified atom stereocenters. The molecule has 3 rings (SSSR count). The molecule has 0 saturated carbocycles. The Balaban J connectivity index is 1.93. The van der Waals surface area contributed by atoms with Crippen molar-refractivity contribution in [2.45, 2.75) is 32.0 Å². The third kappa shape index (κ3) is 3.57. The van der Waals surface area contributed by atoms with E-state index in [1.165, 1.54) is 6.07 Å². The minimum absolute atomic E-state index is 0.0178. The zero-order chi connectivity index (χ0) is 18.7. The third-order valence-electron chi connectivity index (χ3n) is 4.64. The molecule has 134 valence electrons. The molecule has 0 saturated heterocycles. The van der Waals surface area contributed by atoms with E-state index < -0.39 is 11.7 Å². The van der Waals surface area contributed by atoms with Crippen LogP contribution in [-0.4, -0.2) is 17.6 Å². The highest BCUT2D eigenvalue weighted by molar-refractivity contribution is 5.69. The summed E-state index contributed by atoms with van der Waals surface area (Å²) in [6, 6.07) is 9.43. The number of pyridine rings is 1. The third-order valence-corrected chi connectivity index (χ3v) is 4.64. The predicted octanol–water partition coefficient (Wildman–Crippen LogP) is 5.04. The van der Waals surface area contributed by atoms with Gasteiger partial charge in [-0.25, -0.2) is 0 Å². The molecule has 0 aliphatic heterocycles. The summed E-state index contributed by atoms with van der Waals surface area (Å²) in [4.78, 5) is 6.07. The lowest BCUT2D eigenvalue weighted by atomic mass is 10.1. The first-order valence-electron chi connectivity index (χ1n) is 8.43. The molecule has 1 aliphatic rings. The number of benzene rings is 1. The van der Waals surface area contributed by atoms with Crippen molar-refractivity contribution in [1.82, 2.24) is 4.98 Å². The number of alkyl halides is 3. The largest absolute Gasteiger partial charge is 0.417 e. The van der Waals surface area contributed by atoms with Crippen LogP contribution in [-0.2, 0) is 6.18 Å². The van der Waals surface area contributed by atoms with Crippen LogP contribution in [0.2, 0.25) is 0 Å². The quantitative estimate of drug-likeness (QED) is 0.769. The number of hydrogen-bond donors (Lipinski definition) is 0. The summed E-state index contributed by atoms with van der Waals surface area (Å²) in [5.41, 5.74) is 1.45. The highest BCUT2D eigenvalue weighted by Crippen LogP contribution is 2.37. The van der Waals surface area contributed by atoms with Crippen molar-refractivity contribution in [2.75, 3.05) is 11.4 Å². The standard InChI is InChI=1S/C20H18F3N3/c1-2-26(17-7-5-14(10-17)16-4-3-9-25-13-16)18-8-6-15(12-24)19(11-18)20(21,22)23/h3-4,6,8-11,13,17H,2,5,7H2,1H3. The summed E-state index contributed by atoms with van der Waals surface area (Å²) >= 11 is 0. The Kier molecular flexibility index (Phi) is 4.99. The van der Waals surface area contributed by atoms with E-state index in [9.17, 15) is 13.2 Å². The Hall–Kier alpha value is -2.81. The summed E-state index contributed by atoms with van der Waals surface area (Å²) in [6.07, 6.45) is 2.76. The molecule has 0 N–H and O–H groups in total. The van der Waals surface area contributed by atoms with E-state index in [0.29, 0.717) is 12.2 Å². The lowest BCUT2D eigenvalue weighted by Crippen LogP contribution is -2.32. The van der Waals surface area contributed by atoms with Crippen LogP contribution in [0.25, 0.3) is 5.57 Å². The SMILES string of the molecule is CCN(c1ccc(C#N)c(C(F)(F)F)c1)C1C=C(c2cccnc2)CC1. The molecule has 0 amide bonds. The molecule has 0 radical (unpaired) electrons. The summed E-state index contributed by atoms with van der Waals surface area (Å²) in [5.74, 6) is 0. The van der Waals surface area contributed by atoms with E-state index in [4.69, 9.17) is 5.26 Å². The van der Waals surface area contributed by atoms with Crippen LogP contribution in [0, 0.1) is 11.3 Å². The average molecular weight is 357 g/mol. The van der Waals surface area contributed by atoms with Gasteiger partial charge in [-0.15, -0.1) is 0 Å². The Bertz CT molecular complexity index is 851. The van der Waals surface area contributed by atoms with Gasteiger partial charge in [0.2, 0.25) is 0 Å². The minimum Gasteiger partial charge on any atom is -0.365 e. The second-order valence-electron chi connectivity index (χ2n) is 6.17. The second kappa shape index (κ2) is 7.20. The number of halogens is 3. The van der Waals surface area contributed by atoms with E-state index in [0.717, 1.165) is 30.0 Å². The number of hydrogen-bond acceptors (Lipinski definition) is 3. The first-order chi connectivity index (χ1) is 12.4. The summed E-state index contributed by atoms with van der Waals surface area (Å²) < 4.78 is 39.8. The lowest BCUT2D eigenvalue weighted by Gasteiger charge is -2.29. The number of nitriles is 1. The number of aromatic nitrogens is 1. The van der Waals surface area contributed by atoms with Crippen molar-refractivity contribution in [3.63, 3.8) is 0 Å². The van der Waals surface area contributed by atoms with Gasteiger partial charge in [-0.1, -0.05) is 12.1 Å². The summed E-state index contributed by atoms with van der Waals surface area (Å²) in [5, 5.41) is 8.96. The van der Waals surface area contributed by atoms with Crippen LogP contribution < -0.4 is 4.90 Å². The van der Waals surface area contributed by atoms with Gasteiger partial charge in [0.05, 0.1) is 17.2 Å². The van der Waals surface area contributed by atoms with E-state index in [-0.39, 0.29) is 11.6 Å². The summed E-state index contributed by atoms with van der Waals surface area (Å²) in [7, 11) is 0. The van der Waals surface area contributed by atoms with Crippen molar-refractivity contribution in [1.29, 1.82) is 5.26 Å². The first kappa shape index (κ1) is 18.0. The van der Waals surface area contributed by atoms with Crippen LogP contribution in [0.1, 0.15) is 36.5 Å². The topological polar surface area (TPSA) is 39.9 Å². The van der Waals surface area contributed by atoms with E-state index in [2.05, 4.69) is 11.1 Å². The maximum atomic E-state index is 13.3. The zero-order valence-electron chi connectivity index (χ0n) is 14.3. The van der Waals surface area contributed by atoms with Crippen LogP contribution in [0.4, 0.5) is 18.9 Å². The minimum atomic E-state index is -4.55. The van der Waals surface area contributed by atoms with Crippen molar-refractivity contribution >= 4 is 11.3 Å². The lowest BCUT2D eigenvalue weighted by molar-refractivity contribution is -0.137. The number of nitrogens with zero attached hydrogens (tertiary/aromatic N) is 3. The van der Waals surface area contributed by atoms with E-state index in [1.54, 1.807) is 24.5 Å². The van der Waals surface area contributed by atoms with Crippen molar-refractivity contribution in [2.24, 2.45) is 0 Å². The molecule has 1 heterocycles. The van der Waals surface area contributed by atoms with Crippen molar-refractivity contribution in [3.05, 3.63) is 65.5 Å². The number of allylic oxidation sites excluding steroid dienone is 1. The Labute approximate surface area is 150 Å². The van der Waals surface area contributed by atoms with Gasteiger partial charge in [-0.3, -0.25) is 4.98 Å². The van der Waals surface area contributed by atoms with Crippen LogP contribution in [0.15, 0.2) is 48.8 Å². The van der Waals surface area contributed by atoms with Gasteiger partial charge in [0.25, 0.3) is 0 Å². The van der Waals surface area contributed by atoms with E-state index >= 15 is 0 Å². The van der Waals surface area contributed by atoms with Crippen LogP contribution in [0.5, 0.6) is 0 Å². The second-order valence-corrected chi connectivity index (χ2v) is 6.17.